The highest BCUT2D eigenvalue weighted by Gasteiger charge is 2.45. The molecule has 1 heterocycles. The Balaban J connectivity index is 2.73. The van der Waals surface area contributed by atoms with Gasteiger partial charge >= 0.3 is 5.97 Å². The maximum Gasteiger partial charge on any atom is 0.311 e. The molecule has 1 N–H and O–H groups in total. The Morgan fingerprint density at radius 1 is 1.41 bits per heavy atom. The van der Waals surface area contributed by atoms with E-state index in [1.54, 1.807) is 4.90 Å². The van der Waals surface area contributed by atoms with Gasteiger partial charge in [0.2, 0.25) is 5.91 Å². The number of hydrogen-bond donors (Lipinski definition) is 1. The van der Waals surface area contributed by atoms with E-state index in [1.165, 1.54) is 0 Å². The Bertz CT molecular complexity index is 303. The van der Waals surface area contributed by atoms with Crippen molar-refractivity contribution in [2.75, 3.05) is 13.1 Å². The van der Waals surface area contributed by atoms with Crippen LogP contribution in [-0.4, -0.2) is 35.0 Å². The fourth-order valence-corrected chi connectivity index (χ4v) is 2.51. The van der Waals surface area contributed by atoms with Crippen LogP contribution < -0.4 is 0 Å². The number of rotatable bonds is 5. The van der Waals surface area contributed by atoms with Gasteiger partial charge in [0.15, 0.2) is 0 Å². The first-order valence-corrected chi connectivity index (χ1v) is 6.49. The Hall–Kier alpha value is -1.06. The van der Waals surface area contributed by atoms with Gasteiger partial charge in [-0.1, -0.05) is 27.2 Å². The molecule has 1 aliphatic rings. The second-order valence-corrected chi connectivity index (χ2v) is 5.15. The summed E-state index contributed by atoms with van der Waals surface area (Å²) in [6, 6.07) is 0. The van der Waals surface area contributed by atoms with E-state index in [2.05, 4.69) is 0 Å². The van der Waals surface area contributed by atoms with Gasteiger partial charge in [0.05, 0.1) is 5.41 Å². The van der Waals surface area contributed by atoms with E-state index in [-0.39, 0.29) is 11.8 Å². The lowest BCUT2D eigenvalue weighted by atomic mass is 9.83. The molecule has 0 aliphatic carbocycles. The molecule has 1 fully saturated rings. The maximum absolute atomic E-state index is 12.0. The van der Waals surface area contributed by atoms with Crippen molar-refractivity contribution in [2.24, 2.45) is 11.3 Å². The van der Waals surface area contributed by atoms with Gasteiger partial charge in [0.25, 0.3) is 0 Å². The molecule has 17 heavy (non-hydrogen) atoms. The van der Waals surface area contributed by atoms with Gasteiger partial charge in [0.1, 0.15) is 0 Å². The summed E-state index contributed by atoms with van der Waals surface area (Å²) in [7, 11) is 0. The summed E-state index contributed by atoms with van der Waals surface area (Å²) < 4.78 is 0. The van der Waals surface area contributed by atoms with Crippen LogP contribution in [0.3, 0.4) is 0 Å². The number of carboxylic acids is 1. The van der Waals surface area contributed by atoms with Gasteiger partial charge in [-0.05, 0) is 19.3 Å². The molecule has 1 rings (SSSR count). The molecule has 1 amide bonds. The van der Waals surface area contributed by atoms with Crippen molar-refractivity contribution in [3.8, 4) is 0 Å². The molecule has 2 unspecified atom stereocenters. The van der Waals surface area contributed by atoms with Gasteiger partial charge in [-0.25, -0.2) is 0 Å². The van der Waals surface area contributed by atoms with Crippen LogP contribution in [0.2, 0.25) is 0 Å². The first kappa shape index (κ1) is 14.0. The summed E-state index contributed by atoms with van der Waals surface area (Å²) >= 11 is 0. The van der Waals surface area contributed by atoms with Gasteiger partial charge in [-0.2, -0.15) is 0 Å². The largest absolute Gasteiger partial charge is 0.481 e. The molecular formula is C13H23NO3. The number of likely N-dealkylation sites (tertiary alicyclic amines) is 1. The van der Waals surface area contributed by atoms with Crippen LogP contribution >= 0.6 is 0 Å². The average molecular weight is 241 g/mol. The number of carbonyl (C=O) groups excluding carboxylic acids is 1. The first-order valence-electron chi connectivity index (χ1n) is 6.49. The van der Waals surface area contributed by atoms with Gasteiger partial charge in [-0.15, -0.1) is 0 Å². The van der Waals surface area contributed by atoms with Crippen molar-refractivity contribution < 1.29 is 14.7 Å². The van der Waals surface area contributed by atoms with E-state index in [0.717, 1.165) is 12.8 Å². The van der Waals surface area contributed by atoms with Crippen LogP contribution in [0.4, 0.5) is 0 Å². The third-order valence-electron chi connectivity index (χ3n) is 3.88. The minimum absolute atomic E-state index is 0.00113. The molecule has 4 heteroatoms. The predicted molar refractivity (Wildman–Crippen MR) is 65.6 cm³/mol. The molecule has 0 aromatic rings. The quantitative estimate of drug-likeness (QED) is 0.802. The van der Waals surface area contributed by atoms with Crippen LogP contribution in [0, 0.1) is 11.3 Å². The minimum atomic E-state index is -0.751. The number of aliphatic carboxylic acids is 1. The van der Waals surface area contributed by atoms with Crippen LogP contribution in [0.1, 0.15) is 46.5 Å². The summed E-state index contributed by atoms with van der Waals surface area (Å²) in [6.45, 7) is 6.86. The van der Waals surface area contributed by atoms with Gasteiger partial charge in [0, 0.05) is 19.0 Å². The molecule has 2 atom stereocenters. The van der Waals surface area contributed by atoms with E-state index in [0.29, 0.717) is 25.9 Å². The van der Waals surface area contributed by atoms with Crippen molar-refractivity contribution in [3.05, 3.63) is 0 Å². The summed E-state index contributed by atoms with van der Waals surface area (Å²) in [5.41, 5.74) is -0.697. The fraction of sp³-hybridized carbons (Fsp3) is 0.846. The molecule has 1 aliphatic heterocycles. The predicted octanol–water partition coefficient (Wildman–Crippen LogP) is 2.14. The molecule has 0 bridgehead atoms. The maximum atomic E-state index is 12.0. The fourth-order valence-electron chi connectivity index (χ4n) is 2.51. The lowest BCUT2D eigenvalue weighted by Crippen LogP contribution is -2.38. The number of hydrogen-bond acceptors (Lipinski definition) is 2. The second kappa shape index (κ2) is 5.52. The molecule has 0 spiro atoms. The Morgan fingerprint density at radius 2 is 2.06 bits per heavy atom. The molecule has 1 saturated heterocycles. The van der Waals surface area contributed by atoms with Crippen molar-refractivity contribution in [2.45, 2.75) is 46.5 Å². The van der Waals surface area contributed by atoms with Crippen molar-refractivity contribution in [1.82, 2.24) is 4.90 Å². The van der Waals surface area contributed by atoms with Crippen LogP contribution in [0.25, 0.3) is 0 Å². The third kappa shape index (κ3) is 2.79. The van der Waals surface area contributed by atoms with E-state index in [9.17, 15) is 14.7 Å². The smallest absolute Gasteiger partial charge is 0.311 e. The molecule has 0 aromatic heterocycles. The van der Waals surface area contributed by atoms with Crippen LogP contribution in [-0.2, 0) is 9.59 Å². The molecule has 0 radical (unpaired) electrons. The molecule has 98 valence electrons. The van der Waals surface area contributed by atoms with Crippen molar-refractivity contribution in [3.63, 3.8) is 0 Å². The topological polar surface area (TPSA) is 57.6 Å². The van der Waals surface area contributed by atoms with E-state index < -0.39 is 11.4 Å². The van der Waals surface area contributed by atoms with E-state index in [1.807, 2.05) is 20.8 Å². The summed E-state index contributed by atoms with van der Waals surface area (Å²) in [5.74, 6) is -0.647. The highest BCUT2D eigenvalue weighted by molar-refractivity contribution is 5.82. The molecule has 0 aromatic carbocycles. The Morgan fingerprint density at radius 3 is 2.53 bits per heavy atom. The summed E-state index contributed by atoms with van der Waals surface area (Å²) in [6.07, 6.45) is 2.91. The zero-order valence-corrected chi connectivity index (χ0v) is 11.0. The van der Waals surface area contributed by atoms with Gasteiger partial charge < -0.3 is 10.0 Å². The number of carbonyl (C=O) groups is 2. The number of nitrogens with zero attached hydrogens (tertiary/aromatic N) is 1. The lowest BCUT2D eigenvalue weighted by molar-refractivity contribution is -0.149. The minimum Gasteiger partial charge on any atom is -0.481 e. The highest BCUT2D eigenvalue weighted by atomic mass is 16.4. The molecule has 4 nitrogen and oxygen atoms in total. The first-order chi connectivity index (χ1) is 7.96. The number of amides is 1. The van der Waals surface area contributed by atoms with E-state index in [4.69, 9.17) is 0 Å². The zero-order chi connectivity index (χ0) is 13.1. The Labute approximate surface area is 103 Å². The highest BCUT2D eigenvalue weighted by Crippen LogP contribution is 2.36. The SMILES string of the molecule is CCCC1(C(=O)O)CCN(C(=O)C(C)CC)C1. The summed E-state index contributed by atoms with van der Waals surface area (Å²) in [4.78, 5) is 25.1. The van der Waals surface area contributed by atoms with Crippen LogP contribution in [0.5, 0.6) is 0 Å². The average Bonchev–Trinajstić information content (AvgIpc) is 2.73. The lowest BCUT2D eigenvalue weighted by Gasteiger charge is -2.25. The monoisotopic (exact) mass is 241 g/mol. The van der Waals surface area contributed by atoms with Crippen molar-refractivity contribution >= 4 is 11.9 Å². The van der Waals surface area contributed by atoms with Crippen LogP contribution in [0.15, 0.2) is 0 Å². The third-order valence-corrected chi connectivity index (χ3v) is 3.88. The molecule has 0 saturated carbocycles. The number of carboxylic acid groups (broad SMARTS) is 1. The standard InChI is InChI=1S/C13H23NO3/c1-4-6-13(12(16)17)7-8-14(9-13)11(15)10(3)5-2/h10H,4-9H2,1-3H3,(H,16,17). The molecular weight excluding hydrogens is 218 g/mol. The second-order valence-electron chi connectivity index (χ2n) is 5.15. The summed E-state index contributed by atoms with van der Waals surface area (Å²) in [5, 5.41) is 9.35. The van der Waals surface area contributed by atoms with Gasteiger partial charge in [-0.3, -0.25) is 9.59 Å². The zero-order valence-electron chi connectivity index (χ0n) is 11.0. The Kier molecular flexibility index (Phi) is 4.54. The van der Waals surface area contributed by atoms with E-state index >= 15 is 0 Å². The van der Waals surface area contributed by atoms with Crippen molar-refractivity contribution in [1.29, 1.82) is 0 Å². The normalized spacial score (nSPS) is 25.9.